The number of para-hydroxylation sites is 2. The largest absolute Gasteiger partial charge is 0.444 e. The Morgan fingerprint density at radius 3 is 2.83 bits per heavy atom. The zero-order valence-electron chi connectivity index (χ0n) is 13.8. The molecule has 6 heteroatoms. The van der Waals surface area contributed by atoms with E-state index in [0.29, 0.717) is 18.9 Å². The quantitative estimate of drug-likeness (QED) is 0.925. The van der Waals surface area contributed by atoms with Crippen molar-refractivity contribution in [3.63, 3.8) is 0 Å². The molecule has 1 atom stereocenters. The van der Waals surface area contributed by atoms with E-state index in [0.717, 1.165) is 17.5 Å². The van der Waals surface area contributed by atoms with Gasteiger partial charge in [0.05, 0.1) is 17.1 Å². The van der Waals surface area contributed by atoms with Crippen molar-refractivity contribution in [1.29, 1.82) is 0 Å². The molecule has 1 aliphatic rings. The molecule has 23 heavy (non-hydrogen) atoms. The van der Waals surface area contributed by atoms with Crippen molar-refractivity contribution in [1.82, 2.24) is 14.5 Å². The van der Waals surface area contributed by atoms with Gasteiger partial charge in [-0.1, -0.05) is 12.1 Å². The summed E-state index contributed by atoms with van der Waals surface area (Å²) in [5.74, 6) is 0.641. The van der Waals surface area contributed by atoms with E-state index in [1.165, 1.54) is 0 Å². The first kappa shape index (κ1) is 15.8. The van der Waals surface area contributed by atoms with Crippen LogP contribution in [0.1, 0.15) is 39.1 Å². The lowest BCUT2D eigenvalue weighted by molar-refractivity contribution is 0.0289. The third-order valence-corrected chi connectivity index (χ3v) is 3.99. The van der Waals surface area contributed by atoms with Crippen molar-refractivity contribution in [3.05, 3.63) is 30.1 Å². The van der Waals surface area contributed by atoms with E-state index in [-0.39, 0.29) is 18.7 Å². The number of aliphatic hydroxyl groups is 1. The first-order valence-electron chi connectivity index (χ1n) is 7.93. The zero-order valence-corrected chi connectivity index (χ0v) is 13.8. The van der Waals surface area contributed by atoms with Gasteiger partial charge in [-0.05, 0) is 39.3 Å². The smallest absolute Gasteiger partial charge is 0.410 e. The molecule has 124 valence electrons. The topological polar surface area (TPSA) is 67.6 Å². The molecule has 1 aromatic heterocycles. The summed E-state index contributed by atoms with van der Waals surface area (Å²) in [5.41, 5.74) is 1.37. The van der Waals surface area contributed by atoms with E-state index >= 15 is 0 Å². The van der Waals surface area contributed by atoms with Crippen molar-refractivity contribution >= 4 is 17.1 Å². The maximum Gasteiger partial charge on any atom is 0.410 e. The van der Waals surface area contributed by atoms with E-state index in [1.807, 2.05) is 45.0 Å². The van der Waals surface area contributed by atoms with Gasteiger partial charge in [0.2, 0.25) is 0 Å². The number of rotatable bonds is 2. The van der Waals surface area contributed by atoms with Crippen molar-refractivity contribution < 1.29 is 14.6 Å². The van der Waals surface area contributed by atoms with Gasteiger partial charge in [0.15, 0.2) is 0 Å². The molecule has 2 heterocycles. The van der Waals surface area contributed by atoms with E-state index in [4.69, 9.17) is 4.74 Å². The number of carbonyl (C=O) groups is 1. The number of nitrogens with zero attached hydrogens (tertiary/aromatic N) is 3. The molecule has 1 unspecified atom stereocenters. The van der Waals surface area contributed by atoms with Crippen molar-refractivity contribution in [2.45, 2.75) is 45.4 Å². The van der Waals surface area contributed by atoms with Crippen LogP contribution in [0.15, 0.2) is 24.3 Å². The number of imidazole rings is 1. The molecular weight excluding hydrogens is 294 g/mol. The number of likely N-dealkylation sites (tertiary alicyclic amines) is 1. The summed E-state index contributed by atoms with van der Waals surface area (Å²) in [6.45, 7) is 6.71. The number of hydrogen-bond acceptors (Lipinski definition) is 4. The Morgan fingerprint density at radius 1 is 1.39 bits per heavy atom. The summed E-state index contributed by atoms with van der Waals surface area (Å²) in [6.07, 6.45) is 0.544. The number of fused-ring (bicyclic) bond motifs is 1. The van der Waals surface area contributed by atoms with Crippen LogP contribution >= 0.6 is 0 Å². The van der Waals surface area contributed by atoms with Crippen LogP contribution in [0.4, 0.5) is 4.79 Å². The maximum absolute atomic E-state index is 12.2. The van der Waals surface area contributed by atoms with Gasteiger partial charge >= 0.3 is 6.09 Å². The fourth-order valence-corrected chi connectivity index (χ4v) is 3.06. The minimum Gasteiger partial charge on any atom is -0.444 e. The molecule has 1 fully saturated rings. The fourth-order valence-electron chi connectivity index (χ4n) is 3.06. The average Bonchev–Trinajstić information content (AvgIpc) is 3.09. The van der Waals surface area contributed by atoms with Crippen LogP contribution in [0.3, 0.4) is 0 Å². The summed E-state index contributed by atoms with van der Waals surface area (Å²) in [4.78, 5) is 18.4. The molecule has 1 saturated heterocycles. The van der Waals surface area contributed by atoms with Crippen molar-refractivity contribution in [3.8, 4) is 0 Å². The predicted octanol–water partition coefficient (Wildman–Crippen LogP) is 2.71. The third kappa shape index (κ3) is 3.17. The number of carbonyl (C=O) groups excluding carboxylic acids is 1. The Bertz CT molecular complexity index is 717. The van der Waals surface area contributed by atoms with Gasteiger partial charge in [0.1, 0.15) is 18.0 Å². The van der Waals surface area contributed by atoms with E-state index < -0.39 is 5.60 Å². The molecule has 6 nitrogen and oxygen atoms in total. The van der Waals surface area contributed by atoms with Crippen LogP contribution in [0.2, 0.25) is 0 Å². The second kappa shape index (κ2) is 5.85. The number of ether oxygens (including phenoxy) is 1. The third-order valence-electron chi connectivity index (χ3n) is 3.99. The zero-order chi connectivity index (χ0) is 16.6. The molecule has 0 spiro atoms. The summed E-state index contributed by atoms with van der Waals surface area (Å²) in [6, 6.07) is 7.94. The monoisotopic (exact) mass is 317 g/mol. The molecule has 1 N–H and O–H groups in total. The predicted molar refractivity (Wildman–Crippen MR) is 87.1 cm³/mol. The van der Waals surface area contributed by atoms with Gasteiger partial charge in [-0.2, -0.15) is 0 Å². The number of hydrogen-bond donors (Lipinski definition) is 1. The van der Waals surface area contributed by atoms with Gasteiger partial charge in [-0.3, -0.25) is 0 Å². The van der Waals surface area contributed by atoms with Crippen LogP contribution in [0.5, 0.6) is 0 Å². The molecule has 0 radical (unpaired) electrons. The van der Waals surface area contributed by atoms with E-state index in [1.54, 1.807) is 4.90 Å². The highest BCUT2D eigenvalue weighted by atomic mass is 16.6. The molecular formula is C17H23N3O3. The average molecular weight is 317 g/mol. The van der Waals surface area contributed by atoms with Gasteiger partial charge in [-0.25, -0.2) is 9.78 Å². The maximum atomic E-state index is 12.2. The standard InChI is InChI=1S/C17H23N3O3/c1-17(2,3)23-16(22)19-9-8-12(10-19)20-14-7-5-4-6-13(14)18-15(20)11-21/h4-7,12,21H,8-11H2,1-3H3. The Balaban J connectivity index is 1.83. The molecule has 1 aliphatic heterocycles. The highest BCUT2D eigenvalue weighted by molar-refractivity contribution is 5.76. The first-order chi connectivity index (χ1) is 10.9. The minimum absolute atomic E-state index is 0.108. The van der Waals surface area contributed by atoms with Crippen LogP contribution in [-0.4, -0.2) is 44.3 Å². The Hall–Kier alpha value is -2.08. The van der Waals surface area contributed by atoms with E-state index in [2.05, 4.69) is 9.55 Å². The molecule has 0 saturated carbocycles. The van der Waals surface area contributed by atoms with Gasteiger partial charge in [-0.15, -0.1) is 0 Å². The highest BCUT2D eigenvalue weighted by Crippen LogP contribution is 2.29. The lowest BCUT2D eigenvalue weighted by Crippen LogP contribution is -2.35. The molecule has 1 amide bonds. The van der Waals surface area contributed by atoms with Crippen LogP contribution in [-0.2, 0) is 11.3 Å². The van der Waals surface area contributed by atoms with Gasteiger partial charge < -0.3 is 19.3 Å². The molecule has 0 aliphatic carbocycles. The second-order valence-corrected chi connectivity index (χ2v) is 6.91. The summed E-state index contributed by atoms with van der Waals surface area (Å²) in [5, 5.41) is 9.62. The molecule has 2 aromatic rings. The van der Waals surface area contributed by atoms with Crippen molar-refractivity contribution in [2.24, 2.45) is 0 Å². The lowest BCUT2D eigenvalue weighted by Gasteiger charge is -2.24. The van der Waals surface area contributed by atoms with Gasteiger partial charge in [0.25, 0.3) is 0 Å². The van der Waals surface area contributed by atoms with Gasteiger partial charge in [0, 0.05) is 13.1 Å². The number of amides is 1. The fraction of sp³-hybridized carbons (Fsp3) is 0.529. The molecule has 1 aromatic carbocycles. The number of aromatic nitrogens is 2. The number of benzene rings is 1. The minimum atomic E-state index is -0.493. The first-order valence-corrected chi connectivity index (χ1v) is 7.93. The van der Waals surface area contributed by atoms with E-state index in [9.17, 15) is 9.90 Å². The highest BCUT2D eigenvalue weighted by Gasteiger charge is 2.32. The van der Waals surface area contributed by atoms with Crippen molar-refractivity contribution in [2.75, 3.05) is 13.1 Å². The molecule has 3 rings (SSSR count). The van der Waals surface area contributed by atoms with Crippen LogP contribution in [0.25, 0.3) is 11.0 Å². The van der Waals surface area contributed by atoms with Crippen LogP contribution < -0.4 is 0 Å². The SMILES string of the molecule is CC(C)(C)OC(=O)N1CCC(n2c(CO)nc3ccccc32)C1. The second-order valence-electron chi connectivity index (χ2n) is 6.91. The normalized spacial score (nSPS) is 18.6. The summed E-state index contributed by atoms with van der Waals surface area (Å²) < 4.78 is 7.50. The lowest BCUT2D eigenvalue weighted by atomic mass is 10.2. The summed E-state index contributed by atoms with van der Waals surface area (Å²) in [7, 11) is 0. The Labute approximate surface area is 135 Å². The summed E-state index contributed by atoms with van der Waals surface area (Å²) >= 11 is 0. The Kier molecular flexibility index (Phi) is 4.02. The Morgan fingerprint density at radius 2 is 2.13 bits per heavy atom. The van der Waals surface area contributed by atoms with Crippen LogP contribution in [0, 0.1) is 0 Å². The number of aliphatic hydroxyl groups excluding tert-OH is 1. The molecule has 0 bridgehead atoms.